The number of rotatable bonds is 6. The highest BCUT2D eigenvalue weighted by Crippen LogP contribution is 2.21. The van der Waals surface area contributed by atoms with E-state index in [0.717, 1.165) is 5.69 Å². The average Bonchev–Trinajstić information content (AvgIpc) is 2.64. The normalized spacial score (nSPS) is 10.1. The van der Waals surface area contributed by atoms with E-state index in [0.29, 0.717) is 23.0 Å². The summed E-state index contributed by atoms with van der Waals surface area (Å²) in [4.78, 5) is 30.3. The molecule has 0 aliphatic carbocycles. The van der Waals surface area contributed by atoms with Crippen LogP contribution in [0.4, 0.5) is 28.7 Å². The maximum absolute atomic E-state index is 11.0. The predicted molar refractivity (Wildman–Crippen MR) is 103 cm³/mol. The first-order valence-electron chi connectivity index (χ1n) is 8.07. The van der Waals surface area contributed by atoms with Crippen molar-refractivity contribution in [3.63, 3.8) is 0 Å². The average molecular weight is 363 g/mol. The Bertz CT molecular complexity index is 956. The Morgan fingerprint density at radius 3 is 1.78 bits per heavy atom. The van der Waals surface area contributed by atoms with Gasteiger partial charge in [-0.25, -0.2) is 14.8 Å². The molecule has 0 spiro atoms. The molecule has 8 heteroatoms. The number of hydrogen-bond donors (Lipinski definition) is 4. The SMILES string of the molecule is CC(=O)Nc1ccc(Nc2cc(Nc3ccc(C(=O)O)cc3)ncn2)cc1. The second-order valence-electron chi connectivity index (χ2n) is 5.68. The van der Waals surface area contributed by atoms with Gasteiger partial charge in [-0.3, -0.25) is 4.79 Å². The third kappa shape index (κ3) is 5.02. The maximum Gasteiger partial charge on any atom is 0.335 e. The van der Waals surface area contributed by atoms with Crippen LogP contribution in [0.2, 0.25) is 0 Å². The minimum Gasteiger partial charge on any atom is -0.478 e. The second kappa shape index (κ2) is 7.96. The molecule has 4 N–H and O–H groups in total. The molecule has 0 aliphatic rings. The third-order valence-electron chi connectivity index (χ3n) is 3.55. The maximum atomic E-state index is 11.0. The Labute approximate surface area is 155 Å². The van der Waals surface area contributed by atoms with Gasteiger partial charge in [0, 0.05) is 30.1 Å². The van der Waals surface area contributed by atoms with Crippen molar-refractivity contribution in [2.45, 2.75) is 6.92 Å². The molecule has 0 unspecified atom stereocenters. The van der Waals surface area contributed by atoms with Crippen LogP contribution < -0.4 is 16.0 Å². The van der Waals surface area contributed by atoms with E-state index in [2.05, 4.69) is 25.9 Å². The fourth-order valence-corrected chi connectivity index (χ4v) is 2.33. The molecule has 0 radical (unpaired) electrons. The molecule has 0 saturated carbocycles. The van der Waals surface area contributed by atoms with E-state index >= 15 is 0 Å². The monoisotopic (exact) mass is 363 g/mol. The van der Waals surface area contributed by atoms with Crippen LogP contribution in [-0.4, -0.2) is 27.0 Å². The number of amides is 1. The lowest BCUT2D eigenvalue weighted by atomic mass is 10.2. The van der Waals surface area contributed by atoms with Crippen molar-refractivity contribution in [3.05, 3.63) is 66.5 Å². The molecule has 3 aromatic rings. The molecule has 8 nitrogen and oxygen atoms in total. The minimum atomic E-state index is -0.973. The summed E-state index contributed by atoms with van der Waals surface area (Å²) in [6.07, 6.45) is 1.42. The first kappa shape index (κ1) is 17.9. The third-order valence-corrected chi connectivity index (χ3v) is 3.55. The Morgan fingerprint density at radius 2 is 1.30 bits per heavy atom. The number of benzene rings is 2. The van der Waals surface area contributed by atoms with E-state index in [1.807, 2.05) is 12.1 Å². The van der Waals surface area contributed by atoms with Crippen molar-refractivity contribution in [1.82, 2.24) is 9.97 Å². The van der Waals surface area contributed by atoms with Crippen molar-refractivity contribution in [2.75, 3.05) is 16.0 Å². The Kier molecular flexibility index (Phi) is 5.27. The van der Waals surface area contributed by atoms with E-state index in [1.54, 1.807) is 30.3 Å². The van der Waals surface area contributed by atoms with Gasteiger partial charge in [-0.15, -0.1) is 0 Å². The number of nitrogens with zero attached hydrogens (tertiary/aromatic N) is 2. The number of carbonyl (C=O) groups excluding carboxylic acids is 1. The van der Waals surface area contributed by atoms with Crippen molar-refractivity contribution in [2.24, 2.45) is 0 Å². The first-order valence-corrected chi connectivity index (χ1v) is 8.07. The van der Waals surface area contributed by atoms with Gasteiger partial charge in [-0.1, -0.05) is 0 Å². The summed E-state index contributed by atoms with van der Waals surface area (Å²) in [6.45, 7) is 1.46. The van der Waals surface area contributed by atoms with Crippen LogP contribution in [0, 0.1) is 0 Å². The molecule has 3 rings (SSSR count). The van der Waals surface area contributed by atoms with Gasteiger partial charge in [0.05, 0.1) is 5.56 Å². The molecular formula is C19H17N5O3. The van der Waals surface area contributed by atoms with Gasteiger partial charge in [0.2, 0.25) is 5.91 Å². The van der Waals surface area contributed by atoms with Crippen LogP contribution in [0.1, 0.15) is 17.3 Å². The standard InChI is InChI=1S/C19H17N5O3/c1-12(25)22-14-6-8-16(9-7-14)24-18-10-17(20-11-21-18)23-15-4-2-13(3-5-15)19(26)27/h2-11H,1H3,(H,22,25)(H,26,27)(H2,20,21,23,24). The van der Waals surface area contributed by atoms with Crippen LogP contribution in [0.25, 0.3) is 0 Å². The zero-order chi connectivity index (χ0) is 19.2. The van der Waals surface area contributed by atoms with E-state index in [-0.39, 0.29) is 11.5 Å². The number of carboxylic acids is 1. The summed E-state index contributed by atoms with van der Waals surface area (Å²) in [7, 11) is 0. The number of hydrogen-bond acceptors (Lipinski definition) is 6. The fraction of sp³-hybridized carbons (Fsp3) is 0.0526. The number of carboxylic acid groups (broad SMARTS) is 1. The molecule has 0 bridgehead atoms. The summed E-state index contributed by atoms with van der Waals surface area (Å²) >= 11 is 0. The lowest BCUT2D eigenvalue weighted by molar-refractivity contribution is -0.114. The number of aromatic carboxylic acids is 1. The molecule has 0 saturated heterocycles. The largest absolute Gasteiger partial charge is 0.478 e. The van der Waals surface area contributed by atoms with E-state index in [1.165, 1.54) is 25.4 Å². The molecule has 0 atom stereocenters. The molecular weight excluding hydrogens is 346 g/mol. The fourth-order valence-electron chi connectivity index (χ4n) is 2.33. The molecule has 27 heavy (non-hydrogen) atoms. The first-order chi connectivity index (χ1) is 13.0. The van der Waals surface area contributed by atoms with Gasteiger partial charge in [-0.2, -0.15) is 0 Å². The molecule has 1 heterocycles. The van der Waals surface area contributed by atoms with E-state index < -0.39 is 5.97 Å². The van der Waals surface area contributed by atoms with Crippen molar-refractivity contribution in [1.29, 1.82) is 0 Å². The number of nitrogens with one attached hydrogen (secondary N) is 3. The number of aromatic nitrogens is 2. The van der Waals surface area contributed by atoms with Crippen LogP contribution in [0.3, 0.4) is 0 Å². The summed E-state index contributed by atoms with van der Waals surface area (Å²) < 4.78 is 0. The highest BCUT2D eigenvalue weighted by Gasteiger charge is 2.04. The van der Waals surface area contributed by atoms with E-state index in [9.17, 15) is 9.59 Å². The number of carbonyl (C=O) groups is 2. The van der Waals surface area contributed by atoms with Crippen LogP contribution in [0.15, 0.2) is 60.9 Å². The lowest BCUT2D eigenvalue weighted by Crippen LogP contribution is -2.05. The Balaban J connectivity index is 1.68. The topological polar surface area (TPSA) is 116 Å². The summed E-state index contributed by atoms with van der Waals surface area (Å²) in [5, 5.41) is 17.9. The molecule has 0 aliphatic heterocycles. The smallest absolute Gasteiger partial charge is 0.335 e. The zero-order valence-electron chi connectivity index (χ0n) is 14.4. The van der Waals surface area contributed by atoms with Gasteiger partial charge >= 0.3 is 5.97 Å². The minimum absolute atomic E-state index is 0.126. The van der Waals surface area contributed by atoms with Gasteiger partial charge < -0.3 is 21.1 Å². The molecule has 2 aromatic carbocycles. The molecule has 1 amide bonds. The Morgan fingerprint density at radius 1 is 0.815 bits per heavy atom. The van der Waals surface area contributed by atoms with Crippen LogP contribution in [0.5, 0.6) is 0 Å². The molecule has 1 aromatic heterocycles. The predicted octanol–water partition coefficient (Wildman–Crippen LogP) is 3.62. The van der Waals surface area contributed by atoms with Crippen molar-refractivity contribution < 1.29 is 14.7 Å². The van der Waals surface area contributed by atoms with Crippen LogP contribution in [-0.2, 0) is 4.79 Å². The van der Waals surface area contributed by atoms with Gasteiger partial charge in [-0.05, 0) is 48.5 Å². The van der Waals surface area contributed by atoms with Crippen molar-refractivity contribution in [3.8, 4) is 0 Å². The van der Waals surface area contributed by atoms with Crippen molar-refractivity contribution >= 4 is 40.6 Å². The summed E-state index contributed by atoms with van der Waals surface area (Å²) in [5.41, 5.74) is 2.44. The lowest BCUT2D eigenvalue weighted by Gasteiger charge is -2.09. The van der Waals surface area contributed by atoms with Gasteiger partial charge in [0.25, 0.3) is 0 Å². The zero-order valence-corrected chi connectivity index (χ0v) is 14.4. The Hall–Kier alpha value is -3.94. The second-order valence-corrected chi connectivity index (χ2v) is 5.68. The van der Waals surface area contributed by atoms with Crippen LogP contribution >= 0.6 is 0 Å². The molecule has 0 fully saturated rings. The summed E-state index contributed by atoms with van der Waals surface area (Å²) in [5.74, 6) is 0.0468. The van der Waals surface area contributed by atoms with Gasteiger partial charge in [0.15, 0.2) is 0 Å². The van der Waals surface area contributed by atoms with Gasteiger partial charge in [0.1, 0.15) is 18.0 Å². The molecule has 136 valence electrons. The number of anilines is 5. The quantitative estimate of drug-likeness (QED) is 0.528. The summed E-state index contributed by atoms with van der Waals surface area (Å²) in [6, 6.07) is 15.3. The van der Waals surface area contributed by atoms with E-state index in [4.69, 9.17) is 5.11 Å². The highest BCUT2D eigenvalue weighted by atomic mass is 16.4. The highest BCUT2D eigenvalue weighted by molar-refractivity contribution is 5.89.